The van der Waals surface area contributed by atoms with E-state index in [0.717, 1.165) is 38.9 Å². The molecule has 1 saturated heterocycles. The third kappa shape index (κ3) is 5.07. The van der Waals surface area contributed by atoms with E-state index in [1.807, 2.05) is 36.1 Å². The molecule has 2 aromatic rings. The molecule has 1 amide bonds. The number of rotatable bonds is 8. The molecule has 0 radical (unpaired) electrons. The van der Waals surface area contributed by atoms with E-state index in [1.165, 1.54) is 0 Å². The molecule has 1 aromatic carbocycles. The van der Waals surface area contributed by atoms with Crippen molar-refractivity contribution in [1.82, 2.24) is 20.4 Å². The number of hydrogen-bond donors (Lipinski definition) is 1. The fourth-order valence-corrected chi connectivity index (χ4v) is 3.31. The van der Waals surface area contributed by atoms with Crippen LogP contribution in [0.3, 0.4) is 0 Å². The number of carbonyl (C=O) groups is 1. The van der Waals surface area contributed by atoms with Gasteiger partial charge in [-0.15, -0.1) is 0 Å². The maximum Gasteiger partial charge on any atom is 0.254 e. The lowest BCUT2D eigenvalue weighted by molar-refractivity contribution is 0.0642. The van der Waals surface area contributed by atoms with Crippen molar-refractivity contribution in [3.63, 3.8) is 0 Å². The van der Waals surface area contributed by atoms with Crippen molar-refractivity contribution in [1.29, 1.82) is 0 Å². The number of benzene rings is 1. The lowest BCUT2D eigenvalue weighted by Gasteiger charge is -2.34. The van der Waals surface area contributed by atoms with Gasteiger partial charge in [-0.25, -0.2) is 0 Å². The van der Waals surface area contributed by atoms with Crippen molar-refractivity contribution in [3.8, 4) is 5.75 Å². The Balaban J connectivity index is 1.61. The molecular weight excluding hydrogens is 344 g/mol. The molecule has 1 aromatic heterocycles. The van der Waals surface area contributed by atoms with Gasteiger partial charge in [0, 0.05) is 24.6 Å². The number of amides is 1. The molecule has 0 aliphatic carbocycles. The third-order valence-corrected chi connectivity index (χ3v) is 4.76. The van der Waals surface area contributed by atoms with Gasteiger partial charge in [-0.05, 0) is 56.6 Å². The number of nitrogens with zero attached hydrogens (tertiary/aromatic N) is 3. The van der Waals surface area contributed by atoms with Crippen molar-refractivity contribution >= 4 is 5.91 Å². The van der Waals surface area contributed by atoms with Crippen LogP contribution in [0, 0.1) is 0 Å². The zero-order valence-electron chi connectivity index (χ0n) is 16.1. The molecule has 1 aliphatic heterocycles. The molecule has 3 rings (SSSR count). The summed E-state index contributed by atoms with van der Waals surface area (Å²) < 4.78 is 10.8. The van der Waals surface area contributed by atoms with E-state index in [2.05, 4.69) is 22.4 Å². The van der Waals surface area contributed by atoms with Gasteiger partial charge >= 0.3 is 0 Å². The van der Waals surface area contributed by atoms with E-state index in [-0.39, 0.29) is 12.5 Å². The normalized spacial score (nSPS) is 14.9. The van der Waals surface area contributed by atoms with E-state index in [0.29, 0.717) is 35.5 Å². The molecule has 1 fully saturated rings. The molecule has 0 unspecified atom stereocenters. The van der Waals surface area contributed by atoms with Crippen molar-refractivity contribution in [3.05, 3.63) is 41.5 Å². The van der Waals surface area contributed by atoms with Gasteiger partial charge in [0.2, 0.25) is 11.7 Å². The van der Waals surface area contributed by atoms with E-state index in [9.17, 15) is 4.79 Å². The zero-order chi connectivity index (χ0) is 19.1. The van der Waals surface area contributed by atoms with Crippen molar-refractivity contribution in [2.75, 3.05) is 19.6 Å². The van der Waals surface area contributed by atoms with Crippen LogP contribution in [-0.4, -0.2) is 46.6 Å². The van der Waals surface area contributed by atoms with Crippen LogP contribution in [0.15, 0.2) is 28.8 Å². The van der Waals surface area contributed by atoms with Crippen LogP contribution in [0.5, 0.6) is 5.75 Å². The Bertz CT molecular complexity index is 723. The molecule has 0 bridgehead atoms. The highest BCUT2D eigenvalue weighted by molar-refractivity contribution is 5.94. The summed E-state index contributed by atoms with van der Waals surface area (Å²) in [6, 6.07) is 7.62. The number of ether oxygens (including phenoxy) is 1. The van der Waals surface area contributed by atoms with E-state index >= 15 is 0 Å². The van der Waals surface area contributed by atoms with Crippen molar-refractivity contribution in [2.24, 2.45) is 0 Å². The average Bonchev–Trinajstić information content (AvgIpc) is 3.19. The van der Waals surface area contributed by atoms with E-state index < -0.39 is 0 Å². The summed E-state index contributed by atoms with van der Waals surface area (Å²) in [7, 11) is 0. The second-order valence-electron chi connectivity index (χ2n) is 6.75. The van der Waals surface area contributed by atoms with Crippen LogP contribution in [0.1, 0.15) is 55.2 Å². The van der Waals surface area contributed by atoms with Crippen LogP contribution in [0.2, 0.25) is 0 Å². The quantitative estimate of drug-likeness (QED) is 0.767. The predicted octanol–water partition coefficient (Wildman–Crippen LogP) is 2.82. The molecule has 1 N–H and O–H groups in total. The van der Waals surface area contributed by atoms with Crippen LogP contribution >= 0.6 is 0 Å². The Morgan fingerprint density at radius 2 is 2.00 bits per heavy atom. The second kappa shape index (κ2) is 9.50. The highest BCUT2D eigenvalue weighted by atomic mass is 16.5. The number of aromatic nitrogens is 2. The van der Waals surface area contributed by atoms with E-state index in [1.54, 1.807) is 0 Å². The fourth-order valence-electron chi connectivity index (χ4n) is 3.31. The topological polar surface area (TPSA) is 80.5 Å². The Morgan fingerprint density at radius 1 is 1.26 bits per heavy atom. The maximum atomic E-state index is 13.0. The van der Waals surface area contributed by atoms with Crippen LogP contribution in [0.25, 0.3) is 0 Å². The Labute approximate surface area is 160 Å². The van der Waals surface area contributed by atoms with Gasteiger partial charge in [-0.3, -0.25) is 4.79 Å². The maximum absolute atomic E-state index is 13.0. The van der Waals surface area contributed by atoms with Crippen molar-refractivity contribution < 1.29 is 14.1 Å². The molecular formula is C20H28N4O3. The first kappa shape index (κ1) is 19.4. The zero-order valence-corrected chi connectivity index (χ0v) is 16.1. The number of piperidine rings is 1. The fraction of sp³-hybridized carbons (Fsp3) is 0.550. The Kier molecular flexibility index (Phi) is 6.81. The highest BCUT2D eigenvalue weighted by Crippen LogP contribution is 2.19. The number of hydrogen-bond acceptors (Lipinski definition) is 6. The number of carbonyl (C=O) groups excluding carboxylic acids is 1. The monoisotopic (exact) mass is 372 g/mol. The minimum Gasteiger partial charge on any atom is -0.485 e. The van der Waals surface area contributed by atoms with Crippen LogP contribution < -0.4 is 10.1 Å². The molecule has 7 heteroatoms. The summed E-state index contributed by atoms with van der Waals surface area (Å²) in [5.41, 5.74) is 0.696. The van der Waals surface area contributed by atoms with Gasteiger partial charge in [-0.1, -0.05) is 19.0 Å². The highest BCUT2D eigenvalue weighted by Gasteiger charge is 2.25. The summed E-state index contributed by atoms with van der Waals surface area (Å²) in [5, 5.41) is 7.23. The first-order chi connectivity index (χ1) is 13.2. The van der Waals surface area contributed by atoms with E-state index in [4.69, 9.17) is 9.26 Å². The van der Waals surface area contributed by atoms with Crippen molar-refractivity contribution in [2.45, 2.75) is 52.2 Å². The molecule has 7 nitrogen and oxygen atoms in total. The lowest BCUT2D eigenvalue weighted by Crippen LogP contribution is -2.46. The molecule has 1 aliphatic rings. The van der Waals surface area contributed by atoms with Gasteiger partial charge in [0.15, 0.2) is 6.61 Å². The third-order valence-electron chi connectivity index (χ3n) is 4.76. The van der Waals surface area contributed by atoms with Gasteiger partial charge in [0.1, 0.15) is 5.75 Å². The second-order valence-corrected chi connectivity index (χ2v) is 6.75. The molecule has 0 saturated carbocycles. The minimum atomic E-state index is 0.0982. The minimum absolute atomic E-state index is 0.0982. The average molecular weight is 372 g/mol. The predicted molar refractivity (Wildman–Crippen MR) is 102 cm³/mol. The standard InChI is InChI=1S/C20H28N4O3/c1-3-13-24(16-9-11-21-12-10-16)20(25)15-5-7-17(8-6-15)26-14-18-22-19(4-2)27-23-18/h5-8,16,21H,3-4,9-14H2,1-2H3. The largest absolute Gasteiger partial charge is 0.485 e. The summed E-state index contributed by atoms with van der Waals surface area (Å²) >= 11 is 0. The number of aryl methyl sites for hydroxylation is 1. The molecule has 0 spiro atoms. The van der Waals surface area contributed by atoms with Gasteiger partial charge < -0.3 is 19.5 Å². The summed E-state index contributed by atoms with van der Waals surface area (Å²) in [5.74, 6) is 1.90. The van der Waals surface area contributed by atoms with Gasteiger partial charge in [-0.2, -0.15) is 4.98 Å². The molecule has 0 atom stereocenters. The lowest BCUT2D eigenvalue weighted by atomic mass is 10.0. The first-order valence-electron chi connectivity index (χ1n) is 9.77. The van der Waals surface area contributed by atoms with Crippen LogP contribution in [-0.2, 0) is 13.0 Å². The summed E-state index contributed by atoms with van der Waals surface area (Å²) in [6.45, 7) is 7.05. The van der Waals surface area contributed by atoms with Gasteiger partial charge in [0.25, 0.3) is 5.91 Å². The molecule has 2 heterocycles. The number of nitrogens with one attached hydrogen (secondary N) is 1. The SMILES string of the molecule is CCCN(C(=O)c1ccc(OCc2noc(CC)n2)cc1)C1CCNCC1. The molecule has 146 valence electrons. The van der Waals surface area contributed by atoms with Crippen LogP contribution in [0.4, 0.5) is 0 Å². The smallest absolute Gasteiger partial charge is 0.254 e. The Hall–Kier alpha value is -2.41. The summed E-state index contributed by atoms with van der Waals surface area (Å²) in [4.78, 5) is 19.2. The van der Waals surface area contributed by atoms with Gasteiger partial charge in [0.05, 0.1) is 0 Å². The molecule has 27 heavy (non-hydrogen) atoms. The summed E-state index contributed by atoms with van der Waals surface area (Å²) in [6.07, 6.45) is 3.69. The first-order valence-corrected chi connectivity index (χ1v) is 9.77. The Morgan fingerprint density at radius 3 is 2.63 bits per heavy atom.